The Morgan fingerprint density at radius 2 is 1.72 bits per heavy atom. The summed E-state index contributed by atoms with van der Waals surface area (Å²) < 4.78 is 17.5. The molecular formula is C28H28N4O6S. The van der Waals surface area contributed by atoms with Crippen molar-refractivity contribution in [3.8, 4) is 28.6 Å². The minimum Gasteiger partial charge on any atom is -0.497 e. The molecule has 0 atom stereocenters. The number of carboxylic acids is 1. The lowest BCUT2D eigenvalue weighted by molar-refractivity contribution is -0.131. The summed E-state index contributed by atoms with van der Waals surface area (Å²) in [6.07, 6.45) is 1.59. The molecule has 0 aliphatic rings. The van der Waals surface area contributed by atoms with Gasteiger partial charge in [-0.25, -0.2) is 14.6 Å². The number of aromatic amines is 1. The molecule has 0 aliphatic carbocycles. The van der Waals surface area contributed by atoms with E-state index in [9.17, 15) is 14.7 Å². The fourth-order valence-corrected chi connectivity index (χ4v) is 4.94. The summed E-state index contributed by atoms with van der Waals surface area (Å²) in [6.45, 7) is 5.67. The summed E-state index contributed by atoms with van der Waals surface area (Å²) in [5, 5.41) is 17.3. The van der Waals surface area contributed by atoms with Crippen LogP contribution < -0.4 is 9.47 Å². The van der Waals surface area contributed by atoms with E-state index in [0.29, 0.717) is 34.0 Å². The molecule has 0 saturated heterocycles. The van der Waals surface area contributed by atoms with Crippen molar-refractivity contribution >= 4 is 29.8 Å². The minimum atomic E-state index is -1.11. The average Bonchev–Trinajstić information content (AvgIpc) is 3.51. The number of aromatic nitrogens is 4. The normalized spacial score (nSPS) is 11.4. The smallest absolute Gasteiger partial charge is 0.342 e. The number of methoxy groups -OCH3 is 3. The zero-order valence-electron chi connectivity index (χ0n) is 22.4. The van der Waals surface area contributed by atoms with E-state index in [1.54, 1.807) is 50.6 Å². The molecule has 2 aromatic carbocycles. The van der Waals surface area contributed by atoms with Crippen LogP contribution in [0.3, 0.4) is 0 Å². The largest absolute Gasteiger partial charge is 0.497 e. The number of nitrogens with zero attached hydrogens (tertiary/aromatic N) is 3. The number of aryl methyl sites for hydroxylation is 1. The van der Waals surface area contributed by atoms with Crippen LogP contribution in [0.2, 0.25) is 0 Å². The highest BCUT2D eigenvalue weighted by atomic mass is 32.2. The van der Waals surface area contributed by atoms with E-state index in [1.165, 1.54) is 7.11 Å². The van der Waals surface area contributed by atoms with Gasteiger partial charge in [0.2, 0.25) is 5.16 Å². The maximum Gasteiger partial charge on any atom is 0.342 e. The molecule has 2 heterocycles. The van der Waals surface area contributed by atoms with Gasteiger partial charge in [0.05, 0.1) is 26.9 Å². The van der Waals surface area contributed by atoms with Gasteiger partial charge in [0.25, 0.3) is 0 Å². The van der Waals surface area contributed by atoms with E-state index < -0.39 is 11.9 Å². The van der Waals surface area contributed by atoms with Gasteiger partial charge < -0.3 is 23.9 Å². The fraction of sp³-hybridized carbons (Fsp3) is 0.214. The predicted octanol–water partition coefficient (Wildman–Crippen LogP) is 5.21. The third-order valence-corrected chi connectivity index (χ3v) is 7.09. The first kappa shape index (κ1) is 27.5. The van der Waals surface area contributed by atoms with Gasteiger partial charge in [0.15, 0.2) is 5.82 Å². The number of benzene rings is 2. The van der Waals surface area contributed by atoms with Crippen molar-refractivity contribution in [1.29, 1.82) is 0 Å². The molecule has 4 rings (SSSR count). The Morgan fingerprint density at radius 1 is 1.03 bits per heavy atom. The molecular weight excluding hydrogens is 520 g/mol. The van der Waals surface area contributed by atoms with Crippen LogP contribution in [-0.2, 0) is 9.53 Å². The Bertz CT molecular complexity index is 1560. The molecule has 0 bridgehead atoms. The Hall–Kier alpha value is -4.51. The molecule has 39 heavy (non-hydrogen) atoms. The number of hydrogen-bond acceptors (Lipinski definition) is 8. The fourth-order valence-electron chi connectivity index (χ4n) is 4.24. The van der Waals surface area contributed by atoms with E-state index in [-0.39, 0.29) is 10.1 Å². The van der Waals surface area contributed by atoms with Crippen LogP contribution in [0.5, 0.6) is 11.5 Å². The molecule has 0 radical (unpaired) electrons. The van der Waals surface area contributed by atoms with Gasteiger partial charge in [-0.15, -0.1) is 5.10 Å². The maximum absolute atomic E-state index is 12.2. The maximum atomic E-state index is 12.2. The topological polar surface area (TPSA) is 129 Å². The summed E-state index contributed by atoms with van der Waals surface area (Å²) in [5.74, 6) is 0.0917. The SMILES string of the molecule is COC(=O)c1cccc(-n2c(C)cc(/C=C(/Sc3n[nH]c(-c4cc(OC)cc(OC)c4)n3)C(=O)O)c2C)c1C. The van der Waals surface area contributed by atoms with Gasteiger partial charge >= 0.3 is 11.9 Å². The molecule has 0 saturated carbocycles. The second-order valence-electron chi connectivity index (χ2n) is 8.59. The lowest BCUT2D eigenvalue weighted by Gasteiger charge is -2.15. The van der Waals surface area contributed by atoms with Gasteiger partial charge in [0.1, 0.15) is 16.4 Å². The quantitative estimate of drug-likeness (QED) is 0.165. The van der Waals surface area contributed by atoms with Crippen LogP contribution in [0, 0.1) is 20.8 Å². The average molecular weight is 549 g/mol. The van der Waals surface area contributed by atoms with Gasteiger partial charge in [-0.2, -0.15) is 0 Å². The Morgan fingerprint density at radius 3 is 2.33 bits per heavy atom. The zero-order valence-corrected chi connectivity index (χ0v) is 23.2. The number of hydrogen-bond donors (Lipinski definition) is 2. The number of nitrogens with one attached hydrogen (secondary N) is 1. The van der Waals surface area contributed by atoms with E-state index in [2.05, 4.69) is 15.2 Å². The van der Waals surface area contributed by atoms with Crippen molar-refractivity contribution in [1.82, 2.24) is 19.7 Å². The minimum absolute atomic E-state index is 0.0454. The van der Waals surface area contributed by atoms with Crippen LogP contribution in [0.15, 0.2) is 52.5 Å². The first-order valence-corrected chi connectivity index (χ1v) is 12.6. The number of H-pyrrole nitrogens is 1. The van der Waals surface area contributed by atoms with E-state index in [0.717, 1.165) is 34.4 Å². The van der Waals surface area contributed by atoms with E-state index >= 15 is 0 Å². The molecule has 2 aromatic heterocycles. The third-order valence-electron chi connectivity index (χ3n) is 6.21. The number of aliphatic carboxylic acids is 1. The predicted molar refractivity (Wildman–Crippen MR) is 148 cm³/mol. The van der Waals surface area contributed by atoms with Gasteiger partial charge in [0, 0.05) is 28.7 Å². The molecule has 0 amide bonds. The monoisotopic (exact) mass is 548 g/mol. The molecule has 2 N–H and O–H groups in total. The molecule has 4 aromatic rings. The van der Waals surface area contributed by atoms with E-state index in [4.69, 9.17) is 14.2 Å². The van der Waals surface area contributed by atoms with Crippen molar-refractivity contribution in [2.45, 2.75) is 25.9 Å². The van der Waals surface area contributed by atoms with Crippen LogP contribution in [-0.4, -0.2) is 58.1 Å². The zero-order chi connectivity index (χ0) is 28.3. The number of carboxylic acid groups (broad SMARTS) is 1. The van der Waals surface area contributed by atoms with Crippen LogP contribution in [0.25, 0.3) is 23.2 Å². The van der Waals surface area contributed by atoms with Gasteiger partial charge in [-0.3, -0.25) is 5.10 Å². The van der Waals surface area contributed by atoms with Crippen molar-refractivity contribution in [3.63, 3.8) is 0 Å². The number of rotatable bonds is 9. The number of esters is 1. The van der Waals surface area contributed by atoms with Crippen molar-refractivity contribution < 1.29 is 28.9 Å². The second-order valence-corrected chi connectivity index (χ2v) is 9.60. The summed E-state index contributed by atoms with van der Waals surface area (Å²) in [6, 6.07) is 12.6. The molecule has 11 heteroatoms. The Kier molecular flexibility index (Phi) is 8.10. The van der Waals surface area contributed by atoms with Gasteiger partial charge in [-0.05, 0) is 80.1 Å². The third kappa shape index (κ3) is 5.68. The molecule has 0 fully saturated rings. The number of thioether (sulfide) groups is 1. The highest BCUT2D eigenvalue weighted by molar-refractivity contribution is 8.04. The highest BCUT2D eigenvalue weighted by Crippen LogP contribution is 2.33. The molecule has 202 valence electrons. The second kappa shape index (κ2) is 11.5. The van der Waals surface area contributed by atoms with Crippen molar-refractivity contribution in [2.24, 2.45) is 0 Å². The first-order valence-electron chi connectivity index (χ1n) is 11.8. The lowest BCUT2D eigenvalue weighted by Crippen LogP contribution is -2.08. The first-order chi connectivity index (χ1) is 18.7. The number of carbonyl (C=O) groups excluding carboxylic acids is 1. The summed E-state index contributed by atoms with van der Waals surface area (Å²) in [5.41, 5.74) is 5.13. The summed E-state index contributed by atoms with van der Waals surface area (Å²) in [4.78, 5) is 28.9. The molecule has 0 unspecified atom stereocenters. The number of ether oxygens (including phenoxy) is 3. The van der Waals surface area contributed by atoms with Crippen molar-refractivity contribution in [2.75, 3.05) is 21.3 Å². The summed E-state index contributed by atoms with van der Waals surface area (Å²) >= 11 is 0.934. The summed E-state index contributed by atoms with van der Waals surface area (Å²) in [7, 11) is 4.45. The number of carbonyl (C=O) groups is 2. The van der Waals surface area contributed by atoms with Crippen LogP contribution in [0.1, 0.15) is 32.9 Å². The van der Waals surface area contributed by atoms with Crippen LogP contribution in [0.4, 0.5) is 0 Å². The van der Waals surface area contributed by atoms with Crippen LogP contribution >= 0.6 is 11.8 Å². The standard InChI is InChI=1S/C28H28N4O6S/c1-15-10-18(17(3)32(15)23-9-7-8-22(16(23)2)27(35)38-6)13-24(26(33)34)39-28-29-25(30-31-28)19-11-20(36-4)14-21(12-19)37-5/h7-14H,1-6H3,(H,33,34)(H,29,30,31)/b24-13+. The lowest BCUT2D eigenvalue weighted by atomic mass is 10.1. The Labute approximate surface area is 229 Å². The molecule has 10 nitrogen and oxygen atoms in total. The van der Waals surface area contributed by atoms with Gasteiger partial charge in [-0.1, -0.05) is 6.07 Å². The van der Waals surface area contributed by atoms with E-state index in [1.807, 2.05) is 37.5 Å². The molecule has 0 aliphatic heterocycles. The Balaban J connectivity index is 1.68. The highest BCUT2D eigenvalue weighted by Gasteiger charge is 2.19. The van der Waals surface area contributed by atoms with Crippen molar-refractivity contribution in [3.05, 3.63) is 75.4 Å². The molecule has 0 spiro atoms.